The summed E-state index contributed by atoms with van der Waals surface area (Å²) in [4.78, 5) is 25.6. The summed E-state index contributed by atoms with van der Waals surface area (Å²) >= 11 is 0. The van der Waals surface area contributed by atoms with Gasteiger partial charge in [0.15, 0.2) is 9.84 Å². The van der Waals surface area contributed by atoms with Gasteiger partial charge in [-0.3, -0.25) is 4.79 Å². The summed E-state index contributed by atoms with van der Waals surface area (Å²) in [5, 5.41) is 12.7. The maximum absolute atomic E-state index is 12.4. The van der Waals surface area contributed by atoms with E-state index in [1.807, 2.05) is 25.1 Å². The van der Waals surface area contributed by atoms with Crippen molar-refractivity contribution in [1.29, 1.82) is 0 Å². The van der Waals surface area contributed by atoms with Crippen molar-refractivity contribution in [2.45, 2.75) is 37.2 Å². The summed E-state index contributed by atoms with van der Waals surface area (Å²) in [6.45, 7) is 3.56. The summed E-state index contributed by atoms with van der Waals surface area (Å²) < 4.78 is 23.6. The predicted octanol–water partition coefficient (Wildman–Crippen LogP) is 4.75. The van der Waals surface area contributed by atoms with Gasteiger partial charge in [-0.25, -0.2) is 13.2 Å². The Balaban J connectivity index is 1.73. The molecule has 1 heterocycles. The maximum atomic E-state index is 12.4. The van der Waals surface area contributed by atoms with Crippen LogP contribution in [0, 0.1) is 0 Å². The Kier molecular flexibility index (Phi) is 6.18. The quantitative estimate of drug-likeness (QED) is 0.548. The smallest absolute Gasteiger partial charge is 0.335 e. The van der Waals surface area contributed by atoms with E-state index in [2.05, 4.69) is 5.32 Å². The zero-order chi connectivity index (χ0) is 24.6. The lowest BCUT2D eigenvalue weighted by atomic mass is 9.88. The Bertz CT molecular complexity index is 1350. The molecule has 0 aliphatic carbocycles. The van der Waals surface area contributed by atoms with E-state index in [1.54, 1.807) is 60.4 Å². The van der Waals surface area contributed by atoms with Crippen LogP contribution in [0.1, 0.15) is 42.2 Å². The molecule has 0 saturated carbocycles. The average Bonchev–Trinajstić information content (AvgIpc) is 2.78. The third-order valence-electron chi connectivity index (χ3n) is 6.11. The normalized spacial score (nSPS) is 17.7. The Hall–Kier alpha value is -3.65. The highest BCUT2D eigenvalue weighted by atomic mass is 32.2. The highest BCUT2D eigenvalue weighted by Crippen LogP contribution is 2.41. The zero-order valence-electron chi connectivity index (χ0n) is 19.1. The number of nitrogens with zero attached hydrogens (tertiary/aromatic N) is 1. The van der Waals surface area contributed by atoms with E-state index in [0.29, 0.717) is 6.42 Å². The summed E-state index contributed by atoms with van der Waals surface area (Å²) in [6, 6.07) is 19.1. The van der Waals surface area contributed by atoms with Gasteiger partial charge in [-0.1, -0.05) is 18.2 Å². The first kappa shape index (κ1) is 23.5. The van der Waals surface area contributed by atoms with Gasteiger partial charge in [-0.05, 0) is 78.6 Å². The van der Waals surface area contributed by atoms with Gasteiger partial charge in [0.05, 0.1) is 16.5 Å². The van der Waals surface area contributed by atoms with Gasteiger partial charge in [0.1, 0.15) is 0 Å². The molecule has 0 aromatic heterocycles. The highest BCUT2D eigenvalue weighted by molar-refractivity contribution is 7.90. The number of carboxylic acids is 1. The molecule has 7 nitrogen and oxygen atoms in total. The van der Waals surface area contributed by atoms with E-state index in [0.717, 1.165) is 28.1 Å². The van der Waals surface area contributed by atoms with Crippen molar-refractivity contribution in [3.8, 4) is 11.1 Å². The standard InChI is InChI=1S/C26H26N2O5S/c1-16-14-24(27-21-9-11-22(12-10-21)34(3,32)33)23-15-20(8-13-25(23)28(16)17(2)29)18-4-6-19(7-5-18)26(30)31/h4-13,15-16,24,27H,14H2,1-3H3,(H,30,31)/t16-,24+/m0/s1. The fraction of sp³-hybridized carbons (Fsp3) is 0.231. The number of fused-ring (bicyclic) bond motifs is 1. The Labute approximate surface area is 199 Å². The van der Waals surface area contributed by atoms with Crippen LogP contribution in [-0.2, 0) is 14.6 Å². The third-order valence-corrected chi connectivity index (χ3v) is 7.24. The van der Waals surface area contributed by atoms with Crippen LogP contribution >= 0.6 is 0 Å². The number of nitrogens with one attached hydrogen (secondary N) is 1. The van der Waals surface area contributed by atoms with Crippen LogP contribution in [0.3, 0.4) is 0 Å². The molecule has 4 rings (SSSR count). The molecule has 2 atom stereocenters. The van der Waals surface area contributed by atoms with Crippen molar-refractivity contribution in [3.63, 3.8) is 0 Å². The third kappa shape index (κ3) is 4.68. The highest BCUT2D eigenvalue weighted by Gasteiger charge is 2.32. The van der Waals surface area contributed by atoms with E-state index in [-0.39, 0.29) is 28.4 Å². The lowest BCUT2D eigenvalue weighted by Gasteiger charge is -2.39. The van der Waals surface area contributed by atoms with E-state index < -0.39 is 15.8 Å². The monoisotopic (exact) mass is 478 g/mol. The number of rotatable bonds is 5. The molecule has 1 aliphatic rings. The van der Waals surface area contributed by atoms with Crippen molar-refractivity contribution in [3.05, 3.63) is 77.9 Å². The number of carbonyl (C=O) groups is 2. The van der Waals surface area contributed by atoms with Gasteiger partial charge in [0.25, 0.3) is 0 Å². The number of hydrogen-bond acceptors (Lipinski definition) is 5. The van der Waals surface area contributed by atoms with Crippen LogP contribution in [0.4, 0.5) is 11.4 Å². The fourth-order valence-corrected chi connectivity index (χ4v) is 5.10. The number of carbonyl (C=O) groups excluding carboxylic acids is 1. The van der Waals surface area contributed by atoms with Gasteiger partial charge in [0, 0.05) is 30.6 Å². The Morgan fingerprint density at radius 3 is 2.15 bits per heavy atom. The second-order valence-corrected chi connectivity index (χ2v) is 10.6. The molecular weight excluding hydrogens is 452 g/mol. The van der Waals surface area contributed by atoms with Crippen molar-refractivity contribution in [1.82, 2.24) is 0 Å². The molecule has 34 heavy (non-hydrogen) atoms. The molecular formula is C26H26N2O5S. The Morgan fingerprint density at radius 2 is 1.59 bits per heavy atom. The summed E-state index contributed by atoms with van der Waals surface area (Å²) in [6.07, 6.45) is 1.84. The molecule has 0 bridgehead atoms. The molecule has 3 aromatic carbocycles. The van der Waals surface area contributed by atoms with Crippen LogP contribution in [0.5, 0.6) is 0 Å². The number of carboxylic acid groups (broad SMARTS) is 1. The van der Waals surface area contributed by atoms with E-state index in [1.165, 1.54) is 6.26 Å². The van der Waals surface area contributed by atoms with E-state index in [4.69, 9.17) is 5.11 Å². The molecule has 3 aromatic rings. The largest absolute Gasteiger partial charge is 0.478 e. The maximum Gasteiger partial charge on any atom is 0.335 e. The molecule has 0 radical (unpaired) electrons. The minimum atomic E-state index is -3.28. The first-order valence-electron chi connectivity index (χ1n) is 10.9. The van der Waals surface area contributed by atoms with Gasteiger partial charge < -0.3 is 15.3 Å². The van der Waals surface area contributed by atoms with Crippen molar-refractivity contribution >= 4 is 33.1 Å². The number of sulfone groups is 1. The Morgan fingerprint density at radius 1 is 0.971 bits per heavy atom. The van der Waals surface area contributed by atoms with Gasteiger partial charge >= 0.3 is 5.97 Å². The van der Waals surface area contributed by atoms with Crippen LogP contribution in [-0.4, -0.2) is 37.7 Å². The van der Waals surface area contributed by atoms with Crippen molar-refractivity contribution in [2.75, 3.05) is 16.5 Å². The first-order chi connectivity index (χ1) is 16.0. The minimum absolute atomic E-state index is 0.0292. The molecule has 0 fully saturated rings. The summed E-state index contributed by atoms with van der Waals surface area (Å²) in [7, 11) is -3.28. The molecule has 1 aliphatic heterocycles. The fourth-order valence-electron chi connectivity index (χ4n) is 4.46. The van der Waals surface area contributed by atoms with Crippen LogP contribution in [0.25, 0.3) is 11.1 Å². The van der Waals surface area contributed by atoms with Gasteiger partial charge in [0.2, 0.25) is 5.91 Å². The zero-order valence-corrected chi connectivity index (χ0v) is 20.0. The molecule has 0 saturated heterocycles. The number of amides is 1. The predicted molar refractivity (Wildman–Crippen MR) is 132 cm³/mol. The van der Waals surface area contributed by atoms with E-state index in [9.17, 15) is 18.0 Å². The number of hydrogen-bond donors (Lipinski definition) is 2. The molecule has 176 valence electrons. The lowest BCUT2D eigenvalue weighted by Crippen LogP contribution is -2.43. The van der Waals surface area contributed by atoms with Gasteiger partial charge in [-0.15, -0.1) is 0 Å². The second-order valence-electron chi connectivity index (χ2n) is 8.62. The molecule has 1 amide bonds. The second kappa shape index (κ2) is 8.95. The summed E-state index contributed by atoms with van der Waals surface area (Å²) in [5.41, 5.74) is 4.55. The number of benzene rings is 3. The van der Waals surface area contributed by atoms with Crippen LogP contribution in [0.2, 0.25) is 0 Å². The number of aromatic carboxylic acids is 1. The SMILES string of the molecule is CC(=O)N1c2ccc(-c3ccc(C(=O)O)cc3)cc2[C@H](Nc2ccc(S(C)(=O)=O)cc2)C[C@@H]1C. The first-order valence-corrected chi connectivity index (χ1v) is 12.8. The molecule has 2 N–H and O–H groups in total. The van der Waals surface area contributed by atoms with Crippen LogP contribution in [0.15, 0.2) is 71.6 Å². The minimum Gasteiger partial charge on any atom is -0.478 e. The van der Waals surface area contributed by atoms with E-state index >= 15 is 0 Å². The average molecular weight is 479 g/mol. The van der Waals surface area contributed by atoms with Crippen molar-refractivity contribution < 1.29 is 23.1 Å². The lowest BCUT2D eigenvalue weighted by molar-refractivity contribution is -0.117. The topological polar surface area (TPSA) is 104 Å². The number of anilines is 2. The van der Waals surface area contributed by atoms with Gasteiger partial charge in [-0.2, -0.15) is 0 Å². The molecule has 0 unspecified atom stereocenters. The summed E-state index contributed by atoms with van der Waals surface area (Å²) in [5.74, 6) is -1.02. The molecule has 0 spiro atoms. The van der Waals surface area contributed by atoms with Crippen LogP contribution < -0.4 is 10.2 Å². The van der Waals surface area contributed by atoms with Crippen molar-refractivity contribution in [2.24, 2.45) is 0 Å². The molecule has 8 heteroatoms.